The van der Waals surface area contributed by atoms with E-state index in [0.717, 1.165) is 55.8 Å². The molecule has 12 nitrogen and oxygen atoms in total. The summed E-state index contributed by atoms with van der Waals surface area (Å²) in [5, 5.41) is 50.7. The topological polar surface area (TPSA) is 172 Å². The highest BCUT2D eigenvalue weighted by molar-refractivity contribution is 5.79. The molecule has 0 spiro atoms. The lowest BCUT2D eigenvalue weighted by atomic mass is 9.94. The highest BCUT2D eigenvalue weighted by Crippen LogP contribution is 2.24. The van der Waals surface area contributed by atoms with E-state index in [2.05, 4.69) is 27.1 Å². The van der Waals surface area contributed by atoms with Crippen molar-refractivity contribution < 1.29 is 39.5 Å². The van der Waals surface area contributed by atoms with E-state index >= 15 is 0 Å². The molecule has 250 valence electrons. The molecule has 0 bridgehead atoms. The van der Waals surface area contributed by atoms with Crippen molar-refractivity contribution in [2.45, 2.75) is 70.1 Å². The minimum absolute atomic E-state index is 0.0322. The van der Waals surface area contributed by atoms with Gasteiger partial charge in [0.2, 0.25) is 11.9 Å². The van der Waals surface area contributed by atoms with Gasteiger partial charge >= 0.3 is 0 Å². The van der Waals surface area contributed by atoms with Crippen molar-refractivity contribution in [1.82, 2.24) is 20.2 Å². The maximum absolute atomic E-state index is 14.8. The van der Waals surface area contributed by atoms with Crippen LogP contribution in [0.1, 0.15) is 42.9 Å². The van der Waals surface area contributed by atoms with Crippen molar-refractivity contribution >= 4 is 11.9 Å². The Morgan fingerprint density at radius 3 is 2.38 bits per heavy atom. The molecule has 13 heteroatoms. The van der Waals surface area contributed by atoms with Gasteiger partial charge < -0.3 is 45.4 Å². The smallest absolute Gasteiger partial charge is 0.227 e. The fourth-order valence-electron chi connectivity index (χ4n) is 5.68. The van der Waals surface area contributed by atoms with Gasteiger partial charge in [0.15, 0.2) is 0 Å². The fraction of sp³-hybridized carbons (Fsp3) is 0.656. The van der Waals surface area contributed by atoms with E-state index in [0.29, 0.717) is 44.3 Å². The molecule has 0 saturated carbocycles. The molecule has 0 aliphatic carbocycles. The molecule has 45 heavy (non-hydrogen) atoms. The zero-order valence-electron chi connectivity index (χ0n) is 26.0. The molecule has 4 rings (SSSR count). The van der Waals surface area contributed by atoms with Crippen LogP contribution in [0.5, 0.6) is 0 Å². The lowest BCUT2D eigenvalue weighted by molar-refractivity contribution is -0.136. The van der Waals surface area contributed by atoms with Gasteiger partial charge in [0.05, 0.1) is 25.7 Å². The number of ether oxygens (including phenoxy) is 1. The monoisotopic (exact) mass is 633 g/mol. The summed E-state index contributed by atoms with van der Waals surface area (Å²) in [4.78, 5) is 25.5. The molecular formula is C32H48FN5O7. The number of anilines is 1. The number of nitrogens with one attached hydrogen (secondary N) is 1. The average Bonchev–Trinajstić information content (AvgIpc) is 3.04. The number of aliphatic hydroxyl groups excluding tert-OH is 5. The number of piperidine rings is 1. The Kier molecular flexibility index (Phi) is 13.4. The van der Waals surface area contributed by atoms with E-state index in [4.69, 9.17) is 9.84 Å². The molecule has 3 heterocycles. The van der Waals surface area contributed by atoms with E-state index in [9.17, 15) is 29.6 Å². The van der Waals surface area contributed by atoms with Crippen LogP contribution in [0.2, 0.25) is 0 Å². The van der Waals surface area contributed by atoms with Crippen LogP contribution >= 0.6 is 0 Å². The second-order valence-corrected chi connectivity index (χ2v) is 12.2. The Labute approximate surface area is 263 Å². The van der Waals surface area contributed by atoms with Gasteiger partial charge in [-0.3, -0.25) is 4.79 Å². The van der Waals surface area contributed by atoms with E-state index < -0.39 is 36.8 Å². The third kappa shape index (κ3) is 10.1. The van der Waals surface area contributed by atoms with Gasteiger partial charge in [-0.1, -0.05) is 19.1 Å². The molecule has 2 aliphatic rings. The summed E-state index contributed by atoms with van der Waals surface area (Å²) < 4.78 is 20.6. The lowest BCUT2D eigenvalue weighted by Crippen LogP contribution is -2.55. The van der Waals surface area contributed by atoms with E-state index in [1.54, 1.807) is 17.0 Å². The minimum Gasteiger partial charge on any atom is -0.394 e. The predicted octanol–water partition coefficient (Wildman–Crippen LogP) is 0.0278. The maximum atomic E-state index is 14.8. The summed E-state index contributed by atoms with van der Waals surface area (Å²) in [6, 6.07) is 4.88. The van der Waals surface area contributed by atoms with Crippen molar-refractivity contribution in [3.8, 4) is 0 Å². The van der Waals surface area contributed by atoms with Crippen LogP contribution in [0.15, 0.2) is 30.6 Å². The molecule has 0 unspecified atom stereocenters. The first-order valence-corrected chi connectivity index (χ1v) is 15.9. The maximum Gasteiger partial charge on any atom is 0.227 e. The number of aryl methyl sites for hydroxylation is 1. The summed E-state index contributed by atoms with van der Waals surface area (Å²) >= 11 is 0. The number of aromatic nitrogens is 2. The predicted molar refractivity (Wildman–Crippen MR) is 165 cm³/mol. The van der Waals surface area contributed by atoms with Gasteiger partial charge in [0, 0.05) is 64.2 Å². The van der Waals surface area contributed by atoms with Crippen LogP contribution in [0, 0.1) is 17.7 Å². The molecule has 2 fully saturated rings. The Hall–Kier alpha value is -2.78. The number of rotatable bonds is 17. The number of halogens is 1. The summed E-state index contributed by atoms with van der Waals surface area (Å²) in [6.45, 7) is 5.54. The summed E-state index contributed by atoms with van der Waals surface area (Å²) in [5.74, 6) is 0.912. The summed E-state index contributed by atoms with van der Waals surface area (Å²) in [6.07, 6.45) is 1.58. The fourth-order valence-corrected chi connectivity index (χ4v) is 5.68. The first kappa shape index (κ1) is 35.1. The molecule has 2 aromatic rings. The van der Waals surface area contributed by atoms with Crippen molar-refractivity contribution in [2.24, 2.45) is 11.8 Å². The number of amides is 1. The molecule has 2 aliphatic heterocycles. The van der Waals surface area contributed by atoms with Crippen molar-refractivity contribution in [2.75, 3.05) is 57.4 Å². The molecule has 2 saturated heterocycles. The van der Waals surface area contributed by atoms with Crippen LogP contribution in [0.3, 0.4) is 0 Å². The molecular weight excluding hydrogens is 585 g/mol. The first-order chi connectivity index (χ1) is 21.7. The lowest BCUT2D eigenvalue weighted by Gasteiger charge is -2.39. The molecule has 6 N–H and O–H groups in total. The standard InChI is InChI=1S/C32H48FN5O7/c1-2-21-14-35-32(36-15-21)37-8-5-22(6-9-37)7-10-45-20-23-3-4-25(26(33)11-23)12-29(42)38-17-24(18-38)13-34-16-27(40)30(43)31(44)28(41)19-39/h3-4,11,14-15,22,24,27-28,30-31,34,39-41,43-44H,2,5-10,12-13,16-20H2,1H3/t27-,28+,30+,31+/m1/s1. The second-order valence-electron chi connectivity index (χ2n) is 12.2. The molecule has 4 atom stereocenters. The Morgan fingerprint density at radius 1 is 1.04 bits per heavy atom. The highest BCUT2D eigenvalue weighted by atomic mass is 19.1. The average molecular weight is 634 g/mol. The van der Waals surface area contributed by atoms with Crippen LogP contribution < -0.4 is 10.2 Å². The number of hydrogen-bond acceptors (Lipinski definition) is 11. The Bertz CT molecular complexity index is 1190. The normalized spacial score (nSPS) is 18.8. The quantitative estimate of drug-likeness (QED) is 0.130. The van der Waals surface area contributed by atoms with Gasteiger partial charge in [-0.2, -0.15) is 0 Å². The number of nitrogens with zero attached hydrogens (tertiary/aromatic N) is 4. The van der Waals surface area contributed by atoms with Gasteiger partial charge in [0.1, 0.15) is 24.1 Å². The van der Waals surface area contributed by atoms with E-state index in [1.165, 1.54) is 6.07 Å². The minimum atomic E-state index is -1.67. The molecule has 1 aromatic carbocycles. The first-order valence-electron chi connectivity index (χ1n) is 15.9. The Balaban J connectivity index is 1.08. The SMILES string of the molecule is CCc1cnc(N2CCC(CCOCc3ccc(CC(=O)N4CC(CNC[C@@H](O)[C@H](O)[C@@H](O)[C@@H](O)CO)C4)c(F)c3)CC2)nc1. The molecule has 1 aromatic heterocycles. The van der Waals surface area contributed by atoms with Gasteiger partial charge in [-0.15, -0.1) is 0 Å². The van der Waals surface area contributed by atoms with Gasteiger partial charge in [-0.25, -0.2) is 14.4 Å². The zero-order valence-corrected chi connectivity index (χ0v) is 26.0. The van der Waals surface area contributed by atoms with E-state index in [-0.39, 0.29) is 24.8 Å². The van der Waals surface area contributed by atoms with Crippen LogP contribution in [-0.2, 0) is 29.0 Å². The molecule has 0 radical (unpaired) electrons. The number of carbonyl (C=O) groups excluding carboxylic acids is 1. The van der Waals surface area contributed by atoms with Gasteiger partial charge in [0.25, 0.3) is 0 Å². The van der Waals surface area contributed by atoms with Crippen LogP contribution in [-0.4, -0.2) is 123 Å². The van der Waals surface area contributed by atoms with E-state index in [1.807, 2.05) is 12.4 Å². The number of carbonyl (C=O) groups is 1. The summed E-state index contributed by atoms with van der Waals surface area (Å²) in [7, 11) is 0. The van der Waals surface area contributed by atoms with Crippen molar-refractivity contribution in [1.29, 1.82) is 0 Å². The second kappa shape index (κ2) is 17.2. The van der Waals surface area contributed by atoms with Crippen LogP contribution in [0.25, 0.3) is 0 Å². The third-order valence-corrected chi connectivity index (χ3v) is 8.82. The third-order valence-electron chi connectivity index (χ3n) is 8.82. The number of benzene rings is 1. The molecule has 1 amide bonds. The number of aliphatic hydroxyl groups is 5. The zero-order chi connectivity index (χ0) is 32.3. The van der Waals surface area contributed by atoms with Crippen molar-refractivity contribution in [3.63, 3.8) is 0 Å². The Morgan fingerprint density at radius 2 is 1.73 bits per heavy atom. The van der Waals surface area contributed by atoms with Gasteiger partial charge in [-0.05, 0) is 54.4 Å². The summed E-state index contributed by atoms with van der Waals surface area (Å²) in [5.41, 5.74) is 2.20. The van der Waals surface area contributed by atoms with Crippen LogP contribution in [0.4, 0.5) is 10.3 Å². The number of likely N-dealkylation sites (tertiary alicyclic amines) is 1. The largest absolute Gasteiger partial charge is 0.394 e. The number of hydrogen-bond donors (Lipinski definition) is 6. The van der Waals surface area contributed by atoms with Crippen molar-refractivity contribution in [3.05, 3.63) is 53.1 Å². The highest BCUT2D eigenvalue weighted by Gasteiger charge is 2.32.